The molecule has 0 aliphatic heterocycles. The highest BCUT2D eigenvalue weighted by atomic mass is 79.9. The number of hydrogen-bond acceptors (Lipinski definition) is 3. The van der Waals surface area contributed by atoms with Gasteiger partial charge in [-0.1, -0.05) is 40.2 Å². The Kier molecular flexibility index (Phi) is 7.42. The van der Waals surface area contributed by atoms with E-state index in [-0.39, 0.29) is 24.4 Å². The third-order valence-corrected chi connectivity index (χ3v) is 3.85. The fraction of sp³-hybridized carbons (Fsp3) is 0.235. The molecule has 2 rings (SSSR count). The monoisotopic (exact) mass is 383 g/mol. The van der Waals surface area contributed by atoms with Gasteiger partial charge in [-0.3, -0.25) is 0 Å². The van der Waals surface area contributed by atoms with Crippen molar-refractivity contribution in [1.29, 1.82) is 0 Å². The maximum Gasteiger partial charge on any atom is 0.338 e. The van der Waals surface area contributed by atoms with E-state index in [0.29, 0.717) is 12.2 Å². The Bertz CT molecular complexity index is 634. The van der Waals surface area contributed by atoms with Crippen molar-refractivity contribution in [2.45, 2.75) is 19.9 Å². The standard InChI is InChI=1S/C17H18BrNO2.ClH/c1-3-21-17(20)13-7-6-8-14(11-13)19-12(2)15-9-4-5-10-16(15)18;/h4-12,19H,3H2,1-2H3;1H/t12-;/m0./s1. The molecule has 0 unspecified atom stereocenters. The van der Waals surface area contributed by atoms with Gasteiger partial charge in [0.05, 0.1) is 12.2 Å². The Labute approximate surface area is 145 Å². The minimum atomic E-state index is -0.297. The Morgan fingerprint density at radius 2 is 1.95 bits per heavy atom. The molecule has 0 bridgehead atoms. The van der Waals surface area contributed by atoms with Gasteiger partial charge in [-0.05, 0) is 43.7 Å². The van der Waals surface area contributed by atoms with Crippen LogP contribution in [-0.2, 0) is 4.74 Å². The second-order valence-corrected chi connectivity index (χ2v) is 5.54. The average Bonchev–Trinajstić information content (AvgIpc) is 2.48. The van der Waals surface area contributed by atoms with Gasteiger partial charge in [0.25, 0.3) is 0 Å². The van der Waals surface area contributed by atoms with Crippen LogP contribution < -0.4 is 5.32 Å². The summed E-state index contributed by atoms with van der Waals surface area (Å²) in [6, 6.07) is 15.6. The van der Waals surface area contributed by atoms with Crippen LogP contribution in [0.1, 0.15) is 35.8 Å². The predicted molar refractivity (Wildman–Crippen MR) is 95.8 cm³/mol. The van der Waals surface area contributed by atoms with Crippen molar-refractivity contribution < 1.29 is 9.53 Å². The molecular weight excluding hydrogens is 366 g/mol. The second kappa shape index (κ2) is 8.81. The summed E-state index contributed by atoms with van der Waals surface area (Å²) in [5.41, 5.74) is 2.61. The highest BCUT2D eigenvalue weighted by molar-refractivity contribution is 9.10. The lowest BCUT2D eigenvalue weighted by atomic mass is 10.1. The van der Waals surface area contributed by atoms with Gasteiger partial charge in [-0.2, -0.15) is 0 Å². The van der Waals surface area contributed by atoms with Gasteiger partial charge in [-0.15, -0.1) is 12.4 Å². The molecule has 1 atom stereocenters. The molecule has 2 aromatic rings. The van der Waals surface area contributed by atoms with E-state index in [2.05, 4.69) is 34.2 Å². The zero-order valence-electron chi connectivity index (χ0n) is 12.5. The van der Waals surface area contributed by atoms with Gasteiger partial charge in [0.2, 0.25) is 0 Å². The molecule has 22 heavy (non-hydrogen) atoms. The summed E-state index contributed by atoms with van der Waals surface area (Å²) in [5.74, 6) is -0.297. The Morgan fingerprint density at radius 1 is 1.23 bits per heavy atom. The first-order valence-corrected chi connectivity index (χ1v) is 7.69. The van der Waals surface area contributed by atoms with Crippen molar-refractivity contribution >= 4 is 40.0 Å². The first-order valence-electron chi connectivity index (χ1n) is 6.90. The van der Waals surface area contributed by atoms with Crippen molar-refractivity contribution in [3.05, 3.63) is 64.1 Å². The molecular formula is C17H19BrClNO2. The average molecular weight is 385 g/mol. The molecule has 2 aromatic carbocycles. The van der Waals surface area contributed by atoms with Crippen LogP contribution in [0.15, 0.2) is 53.0 Å². The lowest BCUT2D eigenvalue weighted by Crippen LogP contribution is -2.09. The van der Waals surface area contributed by atoms with Crippen LogP contribution >= 0.6 is 28.3 Å². The maximum absolute atomic E-state index is 11.7. The number of esters is 1. The van der Waals surface area contributed by atoms with E-state index in [1.807, 2.05) is 36.4 Å². The topological polar surface area (TPSA) is 38.3 Å². The second-order valence-electron chi connectivity index (χ2n) is 4.69. The van der Waals surface area contributed by atoms with Gasteiger partial charge in [-0.25, -0.2) is 4.79 Å². The molecule has 0 aliphatic carbocycles. The molecule has 118 valence electrons. The molecule has 0 heterocycles. The molecule has 5 heteroatoms. The number of hydrogen-bond donors (Lipinski definition) is 1. The van der Waals surface area contributed by atoms with Gasteiger partial charge < -0.3 is 10.1 Å². The lowest BCUT2D eigenvalue weighted by Gasteiger charge is -2.17. The summed E-state index contributed by atoms with van der Waals surface area (Å²) in [7, 11) is 0. The summed E-state index contributed by atoms with van der Waals surface area (Å²) in [5, 5.41) is 3.40. The highest BCUT2D eigenvalue weighted by Gasteiger charge is 2.11. The van der Waals surface area contributed by atoms with Crippen molar-refractivity contribution in [1.82, 2.24) is 0 Å². The fourth-order valence-electron chi connectivity index (χ4n) is 2.10. The van der Waals surface area contributed by atoms with Crippen LogP contribution in [0, 0.1) is 0 Å². The quantitative estimate of drug-likeness (QED) is 0.718. The number of rotatable bonds is 5. The molecule has 1 N–H and O–H groups in total. The van der Waals surface area contributed by atoms with E-state index in [4.69, 9.17) is 4.74 Å². The van der Waals surface area contributed by atoms with E-state index in [1.54, 1.807) is 13.0 Å². The van der Waals surface area contributed by atoms with Gasteiger partial charge in [0.15, 0.2) is 0 Å². The Hall–Kier alpha value is -1.52. The molecule has 3 nitrogen and oxygen atoms in total. The van der Waals surface area contributed by atoms with Crippen LogP contribution in [-0.4, -0.2) is 12.6 Å². The van der Waals surface area contributed by atoms with E-state index in [0.717, 1.165) is 10.2 Å². The van der Waals surface area contributed by atoms with Crippen LogP contribution in [0.4, 0.5) is 5.69 Å². The molecule has 0 aromatic heterocycles. The normalized spacial score (nSPS) is 11.2. The largest absolute Gasteiger partial charge is 0.462 e. The molecule has 0 spiro atoms. The van der Waals surface area contributed by atoms with E-state index < -0.39 is 0 Å². The fourth-order valence-corrected chi connectivity index (χ4v) is 2.73. The number of halogens is 2. The molecule has 0 radical (unpaired) electrons. The van der Waals surface area contributed by atoms with Gasteiger partial charge >= 0.3 is 5.97 Å². The van der Waals surface area contributed by atoms with Crippen molar-refractivity contribution in [2.24, 2.45) is 0 Å². The van der Waals surface area contributed by atoms with Crippen LogP contribution in [0.25, 0.3) is 0 Å². The first kappa shape index (κ1) is 18.5. The van der Waals surface area contributed by atoms with Crippen molar-refractivity contribution in [3.63, 3.8) is 0 Å². The molecule has 0 saturated heterocycles. The Balaban J connectivity index is 0.00000242. The summed E-state index contributed by atoms with van der Waals surface area (Å²) in [4.78, 5) is 11.7. The summed E-state index contributed by atoms with van der Waals surface area (Å²) >= 11 is 3.55. The summed E-state index contributed by atoms with van der Waals surface area (Å²) in [6.07, 6.45) is 0. The summed E-state index contributed by atoms with van der Waals surface area (Å²) < 4.78 is 6.08. The molecule has 0 saturated carbocycles. The predicted octanol–water partition coefficient (Wildman–Crippen LogP) is 5.22. The SMILES string of the molecule is CCOC(=O)c1cccc(N[C@@H](C)c2ccccc2Br)c1.Cl. The third kappa shape index (κ3) is 4.75. The molecule has 0 fully saturated rings. The van der Waals surface area contributed by atoms with E-state index in [1.165, 1.54) is 5.56 Å². The Morgan fingerprint density at radius 3 is 2.64 bits per heavy atom. The highest BCUT2D eigenvalue weighted by Crippen LogP contribution is 2.26. The van der Waals surface area contributed by atoms with E-state index >= 15 is 0 Å². The van der Waals surface area contributed by atoms with Crippen molar-refractivity contribution in [2.75, 3.05) is 11.9 Å². The first-order chi connectivity index (χ1) is 10.1. The lowest BCUT2D eigenvalue weighted by molar-refractivity contribution is 0.0526. The number of anilines is 1. The number of carbonyl (C=O) groups is 1. The smallest absolute Gasteiger partial charge is 0.338 e. The zero-order valence-corrected chi connectivity index (χ0v) is 14.9. The number of nitrogens with one attached hydrogen (secondary N) is 1. The van der Waals surface area contributed by atoms with E-state index in [9.17, 15) is 4.79 Å². The molecule has 0 aliphatic rings. The van der Waals surface area contributed by atoms with Crippen LogP contribution in [0.5, 0.6) is 0 Å². The van der Waals surface area contributed by atoms with Gasteiger partial charge in [0, 0.05) is 16.2 Å². The minimum absolute atomic E-state index is 0. The van der Waals surface area contributed by atoms with Crippen LogP contribution in [0.2, 0.25) is 0 Å². The number of carbonyl (C=O) groups excluding carboxylic acids is 1. The van der Waals surface area contributed by atoms with Crippen molar-refractivity contribution in [3.8, 4) is 0 Å². The van der Waals surface area contributed by atoms with Crippen LogP contribution in [0.3, 0.4) is 0 Å². The minimum Gasteiger partial charge on any atom is -0.462 e. The number of ether oxygens (including phenoxy) is 1. The summed E-state index contributed by atoms with van der Waals surface area (Å²) in [6.45, 7) is 4.26. The zero-order chi connectivity index (χ0) is 15.2. The van der Waals surface area contributed by atoms with Gasteiger partial charge in [0.1, 0.15) is 0 Å². The maximum atomic E-state index is 11.7. The number of benzene rings is 2. The molecule has 0 amide bonds. The third-order valence-electron chi connectivity index (χ3n) is 3.13.